The van der Waals surface area contributed by atoms with E-state index in [0.29, 0.717) is 6.61 Å². The van der Waals surface area contributed by atoms with Crippen molar-refractivity contribution in [3.8, 4) is 5.75 Å². The van der Waals surface area contributed by atoms with Crippen molar-refractivity contribution in [2.75, 3.05) is 26.4 Å². The van der Waals surface area contributed by atoms with Crippen LogP contribution in [-0.2, 0) is 10.3 Å². The summed E-state index contributed by atoms with van der Waals surface area (Å²) in [4.78, 5) is 0. The Morgan fingerprint density at radius 2 is 2.25 bits per heavy atom. The Balaban J connectivity index is 1.85. The van der Waals surface area contributed by atoms with E-state index in [1.165, 1.54) is 0 Å². The minimum absolute atomic E-state index is 0.0707. The van der Waals surface area contributed by atoms with Gasteiger partial charge in [-0.15, -0.1) is 0 Å². The molecular formula is C16H23NO3. The third kappa shape index (κ3) is 2.32. The van der Waals surface area contributed by atoms with Crippen LogP contribution in [0, 0.1) is 5.92 Å². The summed E-state index contributed by atoms with van der Waals surface area (Å²) in [7, 11) is 0. The first-order chi connectivity index (χ1) is 9.76. The number of hydrogen-bond acceptors (Lipinski definition) is 4. The molecule has 3 rings (SSSR count). The SMILES string of the molecule is CC1COc2ccccc2C1(CO)NCC1CCCO1. The van der Waals surface area contributed by atoms with Crippen LogP contribution in [0.15, 0.2) is 24.3 Å². The fourth-order valence-corrected chi connectivity index (χ4v) is 3.25. The van der Waals surface area contributed by atoms with Crippen molar-refractivity contribution in [3.63, 3.8) is 0 Å². The summed E-state index contributed by atoms with van der Waals surface area (Å²) >= 11 is 0. The molecule has 3 unspecified atom stereocenters. The van der Waals surface area contributed by atoms with E-state index in [0.717, 1.165) is 37.3 Å². The zero-order valence-electron chi connectivity index (χ0n) is 12.0. The first-order valence-electron chi connectivity index (χ1n) is 7.46. The van der Waals surface area contributed by atoms with Gasteiger partial charge in [-0.1, -0.05) is 25.1 Å². The van der Waals surface area contributed by atoms with Crippen molar-refractivity contribution in [1.29, 1.82) is 0 Å². The van der Waals surface area contributed by atoms with Crippen LogP contribution in [0.5, 0.6) is 5.75 Å². The average Bonchev–Trinajstić information content (AvgIpc) is 3.00. The third-order valence-electron chi connectivity index (χ3n) is 4.62. The van der Waals surface area contributed by atoms with E-state index < -0.39 is 5.54 Å². The number of rotatable bonds is 4. The lowest BCUT2D eigenvalue weighted by atomic mass is 9.77. The number of aliphatic hydroxyl groups excluding tert-OH is 1. The van der Waals surface area contributed by atoms with E-state index >= 15 is 0 Å². The Labute approximate surface area is 120 Å². The molecule has 1 saturated heterocycles. The highest BCUT2D eigenvalue weighted by atomic mass is 16.5. The summed E-state index contributed by atoms with van der Waals surface area (Å²) in [6, 6.07) is 7.98. The lowest BCUT2D eigenvalue weighted by molar-refractivity contribution is 0.0366. The average molecular weight is 277 g/mol. The molecular weight excluding hydrogens is 254 g/mol. The Morgan fingerprint density at radius 1 is 1.40 bits per heavy atom. The van der Waals surface area contributed by atoms with Crippen LogP contribution in [0.25, 0.3) is 0 Å². The molecule has 2 heterocycles. The van der Waals surface area contributed by atoms with Crippen LogP contribution < -0.4 is 10.1 Å². The molecule has 1 fully saturated rings. The van der Waals surface area contributed by atoms with Gasteiger partial charge in [0.1, 0.15) is 5.75 Å². The number of nitrogens with one attached hydrogen (secondary N) is 1. The molecule has 0 aliphatic carbocycles. The third-order valence-corrected chi connectivity index (χ3v) is 4.62. The summed E-state index contributed by atoms with van der Waals surface area (Å²) in [5, 5.41) is 13.7. The summed E-state index contributed by atoms with van der Waals surface area (Å²) in [6.07, 6.45) is 2.50. The molecule has 2 N–H and O–H groups in total. The van der Waals surface area contributed by atoms with Crippen LogP contribution in [0.1, 0.15) is 25.3 Å². The Hall–Kier alpha value is -1.10. The van der Waals surface area contributed by atoms with Gasteiger partial charge in [-0.2, -0.15) is 0 Å². The monoisotopic (exact) mass is 277 g/mol. The number of ether oxygens (including phenoxy) is 2. The molecule has 110 valence electrons. The van der Waals surface area contributed by atoms with Crippen molar-refractivity contribution >= 4 is 0 Å². The van der Waals surface area contributed by atoms with Crippen molar-refractivity contribution in [2.24, 2.45) is 5.92 Å². The highest BCUT2D eigenvalue weighted by molar-refractivity contribution is 5.41. The summed E-state index contributed by atoms with van der Waals surface area (Å²) in [5.74, 6) is 1.09. The van der Waals surface area contributed by atoms with E-state index in [2.05, 4.69) is 12.2 Å². The second-order valence-corrected chi connectivity index (χ2v) is 5.85. The van der Waals surface area contributed by atoms with E-state index in [-0.39, 0.29) is 18.6 Å². The van der Waals surface area contributed by atoms with Gasteiger partial charge in [0.15, 0.2) is 0 Å². The second-order valence-electron chi connectivity index (χ2n) is 5.85. The predicted molar refractivity (Wildman–Crippen MR) is 76.8 cm³/mol. The first kappa shape index (κ1) is 13.9. The molecule has 0 saturated carbocycles. The van der Waals surface area contributed by atoms with Gasteiger partial charge in [0.05, 0.1) is 24.9 Å². The molecule has 0 bridgehead atoms. The first-order valence-corrected chi connectivity index (χ1v) is 7.46. The fourth-order valence-electron chi connectivity index (χ4n) is 3.25. The maximum Gasteiger partial charge on any atom is 0.124 e. The minimum atomic E-state index is -0.430. The summed E-state index contributed by atoms with van der Waals surface area (Å²) in [5.41, 5.74) is 0.625. The number of para-hydroxylation sites is 1. The standard InChI is InChI=1S/C16H23NO3/c1-12-10-20-15-7-3-2-6-14(15)16(12,11-18)17-9-13-5-4-8-19-13/h2-3,6-7,12-13,17-18H,4-5,8-11H2,1H3. The highest BCUT2D eigenvalue weighted by Gasteiger charge is 2.43. The van der Waals surface area contributed by atoms with E-state index in [1.54, 1.807) is 0 Å². The highest BCUT2D eigenvalue weighted by Crippen LogP contribution is 2.40. The van der Waals surface area contributed by atoms with Crippen LogP contribution in [0.2, 0.25) is 0 Å². The maximum atomic E-state index is 10.1. The molecule has 0 amide bonds. The van der Waals surface area contributed by atoms with E-state index in [4.69, 9.17) is 9.47 Å². The quantitative estimate of drug-likeness (QED) is 0.879. The second kappa shape index (κ2) is 5.72. The zero-order valence-corrected chi connectivity index (χ0v) is 12.0. The lowest BCUT2D eigenvalue weighted by Gasteiger charge is -2.43. The molecule has 3 atom stereocenters. The molecule has 2 aliphatic rings. The van der Waals surface area contributed by atoms with Crippen molar-refractivity contribution < 1.29 is 14.6 Å². The van der Waals surface area contributed by atoms with E-state index in [1.807, 2.05) is 24.3 Å². The molecule has 0 spiro atoms. The van der Waals surface area contributed by atoms with Gasteiger partial charge in [-0.3, -0.25) is 0 Å². The fraction of sp³-hybridized carbons (Fsp3) is 0.625. The van der Waals surface area contributed by atoms with Gasteiger partial charge in [-0.05, 0) is 18.9 Å². The van der Waals surface area contributed by atoms with Crippen LogP contribution >= 0.6 is 0 Å². The normalized spacial score (nSPS) is 32.7. The minimum Gasteiger partial charge on any atom is -0.493 e. The molecule has 4 heteroatoms. The van der Waals surface area contributed by atoms with Crippen LogP contribution in [-0.4, -0.2) is 37.6 Å². The number of aliphatic hydroxyl groups is 1. The Bertz CT molecular complexity index is 459. The van der Waals surface area contributed by atoms with Gasteiger partial charge in [0.2, 0.25) is 0 Å². The van der Waals surface area contributed by atoms with E-state index in [9.17, 15) is 5.11 Å². The molecule has 1 aromatic rings. The predicted octanol–water partition coefficient (Wildman–Crippen LogP) is 1.67. The largest absolute Gasteiger partial charge is 0.493 e. The molecule has 0 radical (unpaired) electrons. The molecule has 20 heavy (non-hydrogen) atoms. The smallest absolute Gasteiger partial charge is 0.124 e. The zero-order chi connectivity index (χ0) is 14.0. The van der Waals surface area contributed by atoms with Gasteiger partial charge in [-0.25, -0.2) is 0 Å². The van der Waals surface area contributed by atoms with Gasteiger partial charge < -0.3 is 19.9 Å². The van der Waals surface area contributed by atoms with Crippen molar-refractivity contribution in [1.82, 2.24) is 5.32 Å². The number of benzene rings is 1. The molecule has 1 aromatic carbocycles. The topological polar surface area (TPSA) is 50.7 Å². The van der Waals surface area contributed by atoms with Crippen LogP contribution in [0.3, 0.4) is 0 Å². The van der Waals surface area contributed by atoms with Crippen LogP contribution in [0.4, 0.5) is 0 Å². The summed E-state index contributed by atoms with van der Waals surface area (Å²) in [6.45, 7) is 4.44. The number of hydrogen-bond donors (Lipinski definition) is 2. The Kier molecular flexibility index (Phi) is 3.96. The molecule has 4 nitrogen and oxygen atoms in total. The van der Waals surface area contributed by atoms with Crippen molar-refractivity contribution in [2.45, 2.75) is 31.4 Å². The van der Waals surface area contributed by atoms with Gasteiger partial charge >= 0.3 is 0 Å². The summed E-state index contributed by atoms with van der Waals surface area (Å²) < 4.78 is 11.5. The van der Waals surface area contributed by atoms with Gasteiger partial charge in [0, 0.05) is 24.6 Å². The number of fused-ring (bicyclic) bond motifs is 1. The Morgan fingerprint density at radius 3 is 3.00 bits per heavy atom. The maximum absolute atomic E-state index is 10.1. The van der Waals surface area contributed by atoms with Crippen molar-refractivity contribution in [3.05, 3.63) is 29.8 Å². The lowest BCUT2D eigenvalue weighted by Crippen LogP contribution is -2.56. The van der Waals surface area contributed by atoms with Gasteiger partial charge in [0.25, 0.3) is 0 Å². The molecule has 0 aromatic heterocycles. The molecule has 2 aliphatic heterocycles.